The number of ketones is 1. The van der Waals surface area contributed by atoms with Gasteiger partial charge in [0.1, 0.15) is 0 Å². The van der Waals surface area contributed by atoms with E-state index in [4.69, 9.17) is 0 Å². The van der Waals surface area contributed by atoms with Gasteiger partial charge in [-0.3, -0.25) is 9.78 Å². The lowest BCUT2D eigenvalue weighted by molar-refractivity contribution is 0.0872. The number of pyridine rings is 1. The fourth-order valence-electron chi connectivity index (χ4n) is 2.85. The Morgan fingerprint density at radius 3 is 2.68 bits per heavy atom. The average Bonchev–Trinajstić information content (AvgIpc) is 2.43. The van der Waals surface area contributed by atoms with E-state index < -0.39 is 5.41 Å². The zero-order valence-corrected chi connectivity index (χ0v) is 11.3. The summed E-state index contributed by atoms with van der Waals surface area (Å²) in [5, 5.41) is 0. The van der Waals surface area contributed by atoms with Crippen LogP contribution in [0.25, 0.3) is 0 Å². The summed E-state index contributed by atoms with van der Waals surface area (Å²) in [5.74, 6) is 0.201. The molecule has 0 saturated heterocycles. The highest BCUT2D eigenvalue weighted by atomic mass is 16.1. The molecule has 1 aromatic carbocycles. The molecular formula is C17H17NO. The van der Waals surface area contributed by atoms with E-state index in [1.165, 1.54) is 0 Å². The molecule has 1 heterocycles. The first kappa shape index (κ1) is 12.1. The molecule has 0 radical (unpaired) electrons. The Morgan fingerprint density at radius 1 is 1.11 bits per heavy atom. The van der Waals surface area contributed by atoms with Crippen LogP contribution in [0.5, 0.6) is 0 Å². The van der Waals surface area contributed by atoms with Gasteiger partial charge in [-0.05, 0) is 44.4 Å². The van der Waals surface area contributed by atoms with E-state index in [0.717, 1.165) is 35.4 Å². The predicted molar refractivity (Wildman–Crippen MR) is 75.4 cm³/mol. The van der Waals surface area contributed by atoms with Crippen LogP contribution in [-0.2, 0) is 11.8 Å². The molecular weight excluding hydrogens is 234 g/mol. The molecule has 2 nitrogen and oxygen atoms in total. The minimum absolute atomic E-state index is 0.201. The van der Waals surface area contributed by atoms with E-state index in [1.54, 1.807) is 0 Å². The zero-order valence-electron chi connectivity index (χ0n) is 11.3. The highest BCUT2D eigenvalue weighted by Gasteiger charge is 2.40. The van der Waals surface area contributed by atoms with Gasteiger partial charge in [-0.15, -0.1) is 0 Å². The van der Waals surface area contributed by atoms with Gasteiger partial charge >= 0.3 is 0 Å². The van der Waals surface area contributed by atoms with Gasteiger partial charge in [0.2, 0.25) is 0 Å². The molecule has 1 aliphatic carbocycles. The first-order valence-electron chi connectivity index (χ1n) is 6.68. The Morgan fingerprint density at radius 2 is 1.89 bits per heavy atom. The first-order valence-corrected chi connectivity index (χ1v) is 6.68. The van der Waals surface area contributed by atoms with Crippen molar-refractivity contribution in [3.63, 3.8) is 0 Å². The van der Waals surface area contributed by atoms with Crippen LogP contribution < -0.4 is 0 Å². The van der Waals surface area contributed by atoms with Crippen molar-refractivity contribution < 1.29 is 4.79 Å². The second-order valence-electron chi connectivity index (χ2n) is 5.48. The van der Waals surface area contributed by atoms with E-state index in [-0.39, 0.29) is 5.78 Å². The van der Waals surface area contributed by atoms with Crippen LogP contribution in [0.4, 0.5) is 0 Å². The van der Waals surface area contributed by atoms with Crippen molar-refractivity contribution in [1.82, 2.24) is 4.98 Å². The molecule has 0 amide bonds. The molecule has 0 saturated carbocycles. The SMILES string of the molecule is Cc1cccc([C@]2(C)CCc3ccccc3C2=O)n1. The molecule has 0 unspecified atom stereocenters. The van der Waals surface area contributed by atoms with Crippen LogP contribution in [0.15, 0.2) is 42.5 Å². The fraction of sp³-hybridized carbons (Fsp3) is 0.294. The maximum atomic E-state index is 12.8. The Labute approximate surface area is 113 Å². The molecule has 0 bridgehead atoms. The smallest absolute Gasteiger partial charge is 0.174 e. The third-order valence-corrected chi connectivity index (χ3v) is 4.11. The summed E-state index contributed by atoms with van der Waals surface area (Å²) in [5.41, 5.74) is 3.40. The van der Waals surface area contributed by atoms with E-state index >= 15 is 0 Å². The molecule has 0 spiro atoms. The van der Waals surface area contributed by atoms with Crippen LogP contribution in [0.1, 0.15) is 40.7 Å². The minimum Gasteiger partial charge on any atom is -0.293 e. The van der Waals surface area contributed by atoms with Crippen molar-refractivity contribution in [3.8, 4) is 0 Å². The highest BCUT2D eigenvalue weighted by molar-refractivity contribution is 6.05. The minimum atomic E-state index is -0.486. The first-order chi connectivity index (χ1) is 9.11. The Bertz CT molecular complexity index is 647. The highest BCUT2D eigenvalue weighted by Crippen LogP contribution is 2.37. The van der Waals surface area contributed by atoms with Gasteiger partial charge < -0.3 is 0 Å². The number of aryl methyl sites for hydroxylation is 2. The summed E-state index contributed by atoms with van der Waals surface area (Å²) in [6, 6.07) is 13.8. The molecule has 1 aliphatic rings. The lowest BCUT2D eigenvalue weighted by Gasteiger charge is -2.33. The molecule has 3 rings (SSSR count). The lowest BCUT2D eigenvalue weighted by atomic mass is 9.69. The quantitative estimate of drug-likeness (QED) is 0.776. The number of benzene rings is 1. The van der Waals surface area contributed by atoms with E-state index in [0.29, 0.717) is 0 Å². The molecule has 19 heavy (non-hydrogen) atoms. The standard InChI is InChI=1S/C17H17NO/c1-12-6-5-9-15(18-12)17(2)11-10-13-7-3-4-8-14(13)16(17)19/h3-9H,10-11H2,1-2H3/t17-/m0/s1. The number of hydrogen-bond donors (Lipinski definition) is 0. The van der Waals surface area contributed by atoms with Gasteiger partial charge in [0.05, 0.1) is 11.1 Å². The fourth-order valence-corrected chi connectivity index (χ4v) is 2.85. The van der Waals surface area contributed by atoms with Gasteiger partial charge in [0.15, 0.2) is 5.78 Å². The molecule has 96 valence electrons. The average molecular weight is 251 g/mol. The van der Waals surface area contributed by atoms with Crippen LogP contribution in [0.2, 0.25) is 0 Å². The van der Waals surface area contributed by atoms with Crippen molar-refractivity contribution in [2.75, 3.05) is 0 Å². The van der Waals surface area contributed by atoms with Crippen LogP contribution in [0, 0.1) is 6.92 Å². The second-order valence-corrected chi connectivity index (χ2v) is 5.48. The van der Waals surface area contributed by atoms with Crippen molar-refractivity contribution in [2.24, 2.45) is 0 Å². The summed E-state index contributed by atoms with van der Waals surface area (Å²) in [4.78, 5) is 17.4. The number of carbonyl (C=O) groups is 1. The van der Waals surface area contributed by atoms with Crippen molar-refractivity contribution in [3.05, 3.63) is 65.0 Å². The van der Waals surface area contributed by atoms with Gasteiger partial charge in [-0.25, -0.2) is 0 Å². The molecule has 0 aliphatic heterocycles. The largest absolute Gasteiger partial charge is 0.293 e. The molecule has 0 N–H and O–H groups in total. The maximum absolute atomic E-state index is 12.8. The molecule has 1 aromatic heterocycles. The maximum Gasteiger partial charge on any atom is 0.174 e. The van der Waals surface area contributed by atoms with Crippen molar-refractivity contribution >= 4 is 5.78 Å². The monoisotopic (exact) mass is 251 g/mol. The predicted octanol–water partition coefficient (Wildman–Crippen LogP) is 3.48. The number of hydrogen-bond acceptors (Lipinski definition) is 2. The third-order valence-electron chi connectivity index (χ3n) is 4.11. The molecule has 1 atom stereocenters. The van der Waals surface area contributed by atoms with Gasteiger partial charge in [-0.2, -0.15) is 0 Å². The molecule has 0 fully saturated rings. The van der Waals surface area contributed by atoms with Crippen molar-refractivity contribution in [2.45, 2.75) is 32.1 Å². The third kappa shape index (κ3) is 1.88. The topological polar surface area (TPSA) is 30.0 Å². The number of fused-ring (bicyclic) bond motifs is 1. The summed E-state index contributed by atoms with van der Waals surface area (Å²) < 4.78 is 0. The van der Waals surface area contributed by atoms with E-state index in [2.05, 4.69) is 11.1 Å². The molecule has 2 heteroatoms. The number of Topliss-reactive ketones (excluding diaryl/α,β-unsaturated/α-hetero) is 1. The Hall–Kier alpha value is -1.96. The zero-order chi connectivity index (χ0) is 13.5. The van der Waals surface area contributed by atoms with Crippen LogP contribution >= 0.6 is 0 Å². The number of carbonyl (C=O) groups excluding carboxylic acids is 1. The van der Waals surface area contributed by atoms with Gasteiger partial charge in [0.25, 0.3) is 0 Å². The lowest BCUT2D eigenvalue weighted by Crippen LogP contribution is -2.38. The summed E-state index contributed by atoms with van der Waals surface area (Å²) in [6.45, 7) is 3.99. The van der Waals surface area contributed by atoms with Crippen LogP contribution in [-0.4, -0.2) is 10.8 Å². The summed E-state index contributed by atoms with van der Waals surface area (Å²) >= 11 is 0. The summed E-state index contributed by atoms with van der Waals surface area (Å²) in [6.07, 6.45) is 1.77. The van der Waals surface area contributed by atoms with E-state index in [1.807, 2.05) is 50.2 Å². The van der Waals surface area contributed by atoms with E-state index in [9.17, 15) is 4.79 Å². The number of nitrogens with zero attached hydrogens (tertiary/aromatic N) is 1. The number of rotatable bonds is 1. The summed E-state index contributed by atoms with van der Waals surface area (Å²) in [7, 11) is 0. The number of aromatic nitrogens is 1. The second kappa shape index (κ2) is 4.30. The van der Waals surface area contributed by atoms with Crippen molar-refractivity contribution in [1.29, 1.82) is 0 Å². The van der Waals surface area contributed by atoms with Crippen LogP contribution in [0.3, 0.4) is 0 Å². The Kier molecular flexibility index (Phi) is 2.74. The molecule has 2 aromatic rings. The van der Waals surface area contributed by atoms with Gasteiger partial charge in [-0.1, -0.05) is 30.3 Å². The normalized spacial score (nSPS) is 22.1. The Balaban J connectivity index is 2.10. The van der Waals surface area contributed by atoms with Gasteiger partial charge in [0, 0.05) is 11.3 Å².